The summed E-state index contributed by atoms with van der Waals surface area (Å²) >= 11 is 0. The minimum Gasteiger partial charge on any atom is -0.393 e. The number of aliphatic hydroxyl groups is 2. The number of benzene rings is 1. The van der Waals surface area contributed by atoms with Crippen LogP contribution < -0.4 is 14.9 Å². The van der Waals surface area contributed by atoms with Gasteiger partial charge in [-0.25, -0.2) is 17.9 Å². The molecule has 11 atom stereocenters. The normalized spacial score (nSPS) is 40.5. The lowest BCUT2D eigenvalue weighted by atomic mass is 9.41. The monoisotopic (exact) mass is 643 g/mol. The van der Waals surface area contributed by atoms with Crippen molar-refractivity contribution in [3.8, 4) is 0 Å². The number of nitrogens with zero attached hydrogens (tertiary/aromatic N) is 1. The zero-order valence-electron chi connectivity index (χ0n) is 27.9. The van der Waals surface area contributed by atoms with Crippen LogP contribution in [0.3, 0.4) is 0 Å². The molecule has 9 heteroatoms. The first kappa shape index (κ1) is 33.1. The number of hydrogen-bond donors (Lipinski definition) is 4. The molecule has 252 valence electrons. The number of sulfonamides is 1. The van der Waals surface area contributed by atoms with E-state index in [-0.39, 0.29) is 45.7 Å². The molecule has 1 aromatic carbocycles. The maximum Gasteiger partial charge on any atom is 0.328 e. The molecule has 5 aliphatic rings. The number of aliphatic hydroxyl groups excluding tert-OH is 2. The lowest BCUT2D eigenvalue weighted by Crippen LogP contribution is -2.62. The summed E-state index contributed by atoms with van der Waals surface area (Å²) in [7, 11) is -4.00. The predicted octanol–water partition coefficient (Wildman–Crippen LogP) is 5.93. The Bertz CT molecular complexity index is 1330. The number of anilines is 1. The van der Waals surface area contributed by atoms with Gasteiger partial charge in [-0.05, 0) is 135 Å². The molecule has 4 saturated carbocycles. The largest absolute Gasteiger partial charge is 0.393 e. The first-order valence-electron chi connectivity index (χ1n) is 17.9. The Kier molecular flexibility index (Phi) is 9.29. The van der Waals surface area contributed by atoms with Crippen molar-refractivity contribution in [3.63, 3.8) is 0 Å². The van der Waals surface area contributed by atoms with Gasteiger partial charge in [0, 0.05) is 25.3 Å². The summed E-state index contributed by atoms with van der Waals surface area (Å²) in [5, 5.41) is 25.4. The predicted molar refractivity (Wildman–Crippen MR) is 177 cm³/mol. The third kappa shape index (κ3) is 5.92. The molecule has 8 nitrogen and oxygen atoms in total. The van der Waals surface area contributed by atoms with E-state index in [2.05, 4.69) is 42.6 Å². The number of amides is 2. The Morgan fingerprint density at radius 3 is 2.44 bits per heavy atom. The molecule has 0 bridgehead atoms. The van der Waals surface area contributed by atoms with E-state index in [4.69, 9.17) is 0 Å². The van der Waals surface area contributed by atoms with Crippen LogP contribution in [0.15, 0.2) is 29.2 Å². The number of nitrogens with one attached hydrogen (secondary N) is 2. The quantitative estimate of drug-likeness (QED) is 0.293. The molecule has 1 heterocycles. The summed E-state index contributed by atoms with van der Waals surface area (Å²) in [6.45, 7) is 11.5. The van der Waals surface area contributed by atoms with E-state index in [1.54, 1.807) is 18.2 Å². The number of fused-ring (bicyclic) bond motifs is 5. The second kappa shape index (κ2) is 12.6. The van der Waals surface area contributed by atoms with Crippen molar-refractivity contribution in [1.29, 1.82) is 0 Å². The Balaban J connectivity index is 1.10. The molecule has 2 amide bonds. The minimum atomic E-state index is -4.00. The van der Waals surface area contributed by atoms with Crippen LogP contribution in [0.1, 0.15) is 98.3 Å². The van der Waals surface area contributed by atoms with Gasteiger partial charge in [0.15, 0.2) is 0 Å². The second-order valence-corrected chi connectivity index (χ2v) is 17.6. The summed E-state index contributed by atoms with van der Waals surface area (Å²) in [6.07, 6.45) is 10.9. The number of carbonyl (C=O) groups excluding carboxylic acids is 1. The van der Waals surface area contributed by atoms with Crippen LogP contribution in [0.5, 0.6) is 0 Å². The van der Waals surface area contributed by atoms with Crippen LogP contribution in [-0.4, -0.2) is 56.5 Å². The molecule has 0 unspecified atom stereocenters. The molecule has 1 aromatic rings. The lowest BCUT2D eigenvalue weighted by molar-refractivity contribution is -0.203. The van der Waals surface area contributed by atoms with Gasteiger partial charge >= 0.3 is 6.03 Å². The SMILES string of the molecule is CC[C@H]1[C@@H](O)[C@@H]2[C@H](CC[C@]3(C)[C@@H]([C@H](C)CNC(=O)NS(=O)(=O)c4cccc(N5CCCCC5)c4)CC[C@@H]23)[C@@]2(C)CC[C@@H](O)C[C@@H]12. The molecule has 0 spiro atoms. The fourth-order valence-corrected chi connectivity index (χ4v) is 12.5. The summed E-state index contributed by atoms with van der Waals surface area (Å²) in [4.78, 5) is 15.2. The highest BCUT2D eigenvalue weighted by Gasteiger charge is 2.64. The van der Waals surface area contributed by atoms with Crippen LogP contribution in [-0.2, 0) is 10.0 Å². The molecular formula is C36H57N3O5S. The van der Waals surface area contributed by atoms with E-state index >= 15 is 0 Å². The number of urea groups is 1. The van der Waals surface area contributed by atoms with Gasteiger partial charge in [0.25, 0.3) is 10.0 Å². The van der Waals surface area contributed by atoms with Gasteiger partial charge in [-0.3, -0.25) is 0 Å². The lowest BCUT2D eigenvalue weighted by Gasteiger charge is -2.64. The van der Waals surface area contributed by atoms with Gasteiger partial charge in [0.1, 0.15) is 0 Å². The molecule has 4 N–H and O–H groups in total. The Morgan fingerprint density at radius 2 is 1.71 bits per heavy atom. The van der Waals surface area contributed by atoms with Crippen molar-refractivity contribution in [3.05, 3.63) is 24.3 Å². The molecule has 5 fully saturated rings. The Hall–Kier alpha value is -1.84. The van der Waals surface area contributed by atoms with Gasteiger partial charge in [0.2, 0.25) is 0 Å². The second-order valence-electron chi connectivity index (χ2n) is 16.0. The highest BCUT2D eigenvalue weighted by Crippen LogP contribution is 2.69. The third-order valence-corrected chi connectivity index (χ3v) is 15.1. The topological polar surface area (TPSA) is 119 Å². The van der Waals surface area contributed by atoms with Crippen molar-refractivity contribution in [2.24, 2.45) is 52.3 Å². The molecule has 45 heavy (non-hydrogen) atoms. The zero-order chi connectivity index (χ0) is 32.1. The fourth-order valence-electron chi connectivity index (χ4n) is 11.5. The molecule has 0 radical (unpaired) electrons. The first-order valence-corrected chi connectivity index (χ1v) is 19.4. The van der Waals surface area contributed by atoms with Gasteiger partial charge in [-0.1, -0.05) is 40.2 Å². The van der Waals surface area contributed by atoms with Crippen LogP contribution in [0.25, 0.3) is 0 Å². The smallest absolute Gasteiger partial charge is 0.328 e. The van der Waals surface area contributed by atoms with E-state index in [0.29, 0.717) is 30.2 Å². The van der Waals surface area contributed by atoms with Crippen LogP contribution in [0, 0.1) is 52.3 Å². The molecule has 1 saturated heterocycles. The Labute approximate surface area is 271 Å². The number of carbonyl (C=O) groups is 1. The van der Waals surface area contributed by atoms with E-state index in [1.807, 2.05) is 6.07 Å². The summed E-state index contributed by atoms with van der Waals surface area (Å²) in [5.74, 6) is 2.41. The van der Waals surface area contributed by atoms with E-state index in [1.165, 1.54) is 6.42 Å². The van der Waals surface area contributed by atoms with Gasteiger partial charge in [-0.15, -0.1) is 0 Å². The number of hydrogen-bond acceptors (Lipinski definition) is 6. The van der Waals surface area contributed by atoms with Crippen molar-refractivity contribution in [2.45, 2.75) is 115 Å². The van der Waals surface area contributed by atoms with Crippen molar-refractivity contribution in [2.75, 3.05) is 24.5 Å². The van der Waals surface area contributed by atoms with Gasteiger partial charge in [-0.2, -0.15) is 0 Å². The average Bonchev–Trinajstić information content (AvgIpc) is 3.38. The van der Waals surface area contributed by atoms with Gasteiger partial charge < -0.3 is 20.4 Å². The summed E-state index contributed by atoms with van der Waals surface area (Å²) in [5.41, 5.74) is 1.13. The number of piperidine rings is 1. The average molecular weight is 644 g/mol. The summed E-state index contributed by atoms with van der Waals surface area (Å²) < 4.78 is 28.6. The minimum absolute atomic E-state index is 0.0797. The van der Waals surface area contributed by atoms with Crippen molar-refractivity contribution < 1.29 is 23.4 Å². The molecule has 6 rings (SSSR count). The molecule has 0 aromatic heterocycles. The highest BCUT2D eigenvalue weighted by molar-refractivity contribution is 7.90. The summed E-state index contributed by atoms with van der Waals surface area (Å²) in [6, 6.07) is 6.21. The zero-order valence-corrected chi connectivity index (χ0v) is 28.7. The highest BCUT2D eigenvalue weighted by atomic mass is 32.2. The Morgan fingerprint density at radius 1 is 1.00 bits per heavy atom. The number of rotatable bonds is 7. The first-order chi connectivity index (χ1) is 21.4. The van der Waals surface area contributed by atoms with Crippen LogP contribution in [0.4, 0.5) is 10.5 Å². The fraction of sp³-hybridized carbons (Fsp3) is 0.806. The molecular weight excluding hydrogens is 586 g/mol. The standard InChI is InChI=1S/C36H57N3O5S/c1-5-27-31-21-25(40)14-16-36(31,4)30-15-17-35(3)28(12-13-29(35)32(30)33(27)41)23(2)22-37-34(42)38-45(43,44)26-11-9-10-24(20-26)39-18-7-6-8-19-39/h9-11,20,23,25,27-33,40-41H,5-8,12-19,21-22H2,1-4H3,(H2,37,38,42)/t23-,25-,27-,28-,29+,30+,31+,32+,33-,35-,36-/m1/s1. The maximum atomic E-state index is 13.1. The van der Waals surface area contributed by atoms with Crippen LogP contribution in [0.2, 0.25) is 0 Å². The van der Waals surface area contributed by atoms with Crippen molar-refractivity contribution >= 4 is 21.7 Å². The van der Waals surface area contributed by atoms with E-state index < -0.39 is 16.1 Å². The van der Waals surface area contributed by atoms with Crippen LogP contribution >= 0.6 is 0 Å². The van der Waals surface area contributed by atoms with E-state index in [9.17, 15) is 23.4 Å². The maximum absolute atomic E-state index is 13.1. The van der Waals surface area contributed by atoms with E-state index in [0.717, 1.165) is 83.0 Å². The third-order valence-electron chi connectivity index (χ3n) is 13.8. The molecule has 1 aliphatic heterocycles. The molecule has 4 aliphatic carbocycles. The van der Waals surface area contributed by atoms with Gasteiger partial charge in [0.05, 0.1) is 17.1 Å². The van der Waals surface area contributed by atoms with Crippen molar-refractivity contribution in [1.82, 2.24) is 10.0 Å².